The smallest absolute Gasteiger partial charge is 0.00228 e. The predicted octanol–water partition coefficient (Wildman–Crippen LogP) is 4.82. The maximum atomic E-state index is 3.62. The van der Waals surface area contributed by atoms with Crippen LogP contribution in [0.4, 0.5) is 0 Å². The van der Waals surface area contributed by atoms with E-state index < -0.39 is 0 Å². The number of benzene rings is 1. The summed E-state index contributed by atoms with van der Waals surface area (Å²) in [6, 6.07) is 7.00. The Balaban J connectivity index is 2.89. The van der Waals surface area contributed by atoms with Gasteiger partial charge in [-0.1, -0.05) is 51.8 Å². The van der Waals surface area contributed by atoms with Crippen LogP contribution in [-0.4, -0.2) is 13.1 Å². The van der Waals surface area contributed by atoms with E-state index in [2.05, 4.69) is 58.1 Å². The lowest BCUT2D eigenvalue weighted by Crippen LogP contribution is -2.27. The van der Waals surface area contributed by atoms with Crippen molar-refractivity contribution in [1.29, 1.82) is 0 Å². The molecule has 1 aromatic carbocycles. The summed E-state index contributed by atoms with van der Waals surface area (Å²) in [4.78, 5) is 0. The zero-order chi connectivity index (χ0) is 14.3. The van der Waals surface area contributed by atoms with Crippen molar-refractivity contribution in [3.8, 4) is 0 Å². The highest BCUT2D eigenvalue weighted by atomic mass is 14.9. The molecule has 0 amide bonds. The van der Waals surface area contributed by atoms with Crippen LogP contribution in [-0.2, 0) is 0 Å². The number of aryl methyl sites for hydroxylation is 2. The maximum Gasteiger partial charge on any atom is 0.00228 e. The van der Waals surface area contributed by atoms with Crippen LogP contribution in [0.3, 0.4) is 0 Å². The Morgan fingerprint density at radius 1 is 1.00 bits per heavy atom. The second-order valence-corrected chi connectivity index (χ2v) is 5.73. The van der Waals surface area contributed by atoms with Gasteiger partial charge in [0.2, 0.25) is 0 Å². The second-order valence-electron chi connectivity index (χ2n) is 5.73. The van der Waals surface area contributed by atoms with E-state index in [1.54, 1.807) is 0 Å². The minimum absolute atomic E-state index is 0.654. The number of rotatable bonds is 8. The van der Waals surface area contributed by atoms with Crippen molar-refractivity contribution < 1.29 is 0 Å². The third-order valence-corrected chi connectivity index (χ3v) is 4.37. The third kappa shape index (κ3) is 4.65. The van der Waals surface area contributed by atoms with E-state index in [1.165, 1.54) is 36.0 Å². The molecule has 1 aromatic rings. The van der Waals surface area contributed by atoms with Gasteiger partial charge in [-0.05, 0) is 55.3 Å². The van der Waals surface area contributed by atoms with Crippen LogP contribution in [0.5, 0.6) is 0 Å². The molecule has 1 atom stereocenters. The number of nitrogens with one attached hydrogen (secondary N) is 1. The summed E-state index contributed by atoms with van der Waals surface area (Å²) in [6.07, 6.45) is 3.74. The molecular weight excluding hydrogens is 230 g/mol. The fourth-order valence-electron chi connectivity index (χ4n) is 2.84. The second kappa shape index (κ2) is 8.37. The van der Waals surface area contributed by atoms with Gasteiger partial charge in [0.25, 0.3) is 0 Å². The van der Waals surface area contributed by atoms with Gasteiger partial charge in [0, 0.05) is 6.54 Å². The van der Waals surface area contributed by atoms with E-state index in [4.69, 9.17) is 0 Å². The highest BCUT2D eigenvalue weighted by Crippen LogP contribution is 2.30. The van der Waals surface area contributed by atoms with Crippen LogP contribution in [0.25, 0.3) is 0 Å². The van der Waals surface area contributed by atoms with Gasteiger partial charge in [0.15, 0.2) is 0 Å². The monoisotopic (exact) mass is 261 g/mol. The van der Waals surface area contributed by atoms with E-state index in [-0.39, 0.29) is 0 Å². The van der Waals surface area contributed by atoms with Crippen LogP contribution >= 0.6 is 0 Å². The van der Waals surface area contributed by atoms with Crippen molar-refractivity contribution in [1.82, 2.24) is 5.32 Å². The van der Waals surface area contributed by atoms with Crippen molar-refractivity contribution in [2.75, 3.05) is 13.1 Å². The Morgan fingerprint density at radius 3 is 2.21 bits per heavy atom. The Kier molecular flexibility index (Phi) is 7.15. The first kappa shape index (κ1) is 16.2. The highest BCUT2D eigenvalue weighted by molar-refractivity contribution is 5.32. The molecule has 0 fully saturated rings. The topological polar surface area (TPSA) is 12.0 Å². The molecule has 0 bridgehead atoms. The van der Waals surface area contributed by atoms with Crippen molar-refractivity contribution in [2.45, 2.75) is 59.8 Å². The molecule has 1 heteroatoms. The summed E-state index contributed by atoms with van der Waals surface area (Å²) in [5.41, 5.74) is 4.33. The van der Waals surface area contributed by atoms with Crippen molar-refractivity contribution >= 4 is 0 Å². The summed E-state index contributed by atoms with van der Waals surface area (Å²) in [6.45, 7) is 13.5. The van der Waals surface area contributed by atoms with E-state index in [9.17, 15) is 0 Å². The van der Waals surface area contributed by atoms with Gasteiger partial charge in [-0.15, -0.1) is 0 Å². The quantitative estimate of drug-likeness (QED) is 0.661. The standard InChI is InChI=1S/C18H31N/c1-6-11-19-13-18(16(7-2)8-3)17-10-9-14(4)15(5)12-17/h9-10,12,16,18-19H,6-8,11,13H2,1-5H3. The first-order valence-electron chi connectivity index (χ1n) is 7.91. The van der Waals surface area contributed by atoms with E-state index >= 15 is 0 Å². The minimum atomic E-state index is 0.654. The van der Waals surface area contributed by atoms with Crippen LogP contribution in [0.1, 0.15) is 62.6 Å². The average Bonchev–Trinajstić information content (AvgIpc) is 2.41. The molecular formula is C18H31N. The number of hydrogen-bond acceptors (Lipinski definition) is 1. The molecule has 0 aliphatic carbocycles. The Hall–Kier alpha value is -0.820. The van der Waals surface area contributed by atoms with Gasteiger partial charge < -0.3 is 5.32 Å². The van der Waals surface area contributed by atoms with Gasteiger partial charge in [0.05, 0.1) is 0 Å². The van der Waals surface area contributed by atoms with E-state index in [0.29, 0.717) is 5.92 Å². The fraction of sp³-hybridized carbons (Fsp3) is 0.667. The fourth-order valence-corrected chi connectivity index (χ4v) is 2.84. The van der Waals surface area contributed by atoms with Gasteiger partial charge in [-0.25, -0.2) is 0 Å². The van der Waals surface area contributed by atoms with E-state index in [0.717, 1.165) is 19.0 Å². The lowest BCUT2D eigenvalue weighted by molar-refractivity contribution is 0.380. The van der Waals surface area contributed by atoms with Crippen molar-refractivity contribution in [3.05, 3.63) is 34.9 Å². The van der Waals surface area contributed by atoms with Crippen LogP contribution in [0.2, 0.25) is 0 Å². The molecule has 0 aliphatic rings. The molecule has 0 saturated carbocycles. The minimum Gasteiger partial charge on any atom is -0.316 e. The van der Waals surface area contributed by atoms with Crippen LogP contribution < -0.4 is 5.32 Å². The zero-order valence-corrected chi connectivity index (χ0v) is 13.4. The largest absolute Gasteiger partial charge is 0.316 e. The molecule has 1 rings (SSSR count). The molecule has 19 heavy (non-hydrogen) atoms. The SMILES string of the molecule is CCCNCC(c1ccc(C)c(C)c1)C(CC)CC. The predicted molar refractivity (Wildman–Crippen MR) is 85.9 cm³/mol. The molecule has 1 N–H and O–H groups in total. The van der Waals surface area contributed by atoms with E-state index in [1.807, 2.05) is 0 Å². The molecule has 0 aliphatic heterocycles. The molecule has 0 saturated heterocycles. The van der Waals surface area contributed by atoms with Gasteiger partial charge in [-0.3, -0.25) is 0 Å². The van der Waals surface area contributed by atoms with Gasteiger partial charge >= 0.3 is 0 Å². The Morgan fingerprint density at radius 2 is 1.68 bits per heavy atom. The average molecular weight is 261 g/mol. The molecule has 0 radical (unpaired) electrons. The zero-order valence-electron chi connectivity index (χ0n) is 13.4. The summed E-state index contributed by atoms with van der Waals surface area (Å²) in [7, 11) is 0. The Bertz CT molecular complexity index is 366. The van der Waals surface area contributed by atoms with Crippen LogP contribution in [0.15, 0.2) is 18.2 Å². The molecule has 1 nitrogen and oxygen atoms in total. The first-order valence-corrected chi connectivity index (χ1v) is 7.91. The molecule has 0 heterocycles. The summed E-state index contributed by atoms with van der Waals surface area (Å²) in [5, 5.41) is 3.62. The lowest BCUT2D eigenvalue weighted by atomic mass is 9.81. The third-order valence-electron chi connectivity index (χ3n) is 4.37. The lowest BCUT2D eigenvalue weighted by Gasteiger charge is -2.27. The van der Waals surface area contributed by atoms with Crippen molar-refractivity contribution in [2.24, 2.45) is 5.92 Å². The summed E-state index contributed by atoms with van der Waals surface area (Å²) in [5.74, 6) is 1.44. The molecule has 0 aromatic heterocycles. The summed E-state index contributed by atoms with van der Waals surface area (Å²) < 4.78 is 0. The first-order chi connectivity index (χ1) is 9.13. The van der Waals surface area contributed by atoms with Gasteiger partial charge in [-0.2, -0.15) is 0 Å². The van der Waals surface area contributed by atoms with Gasteiger partial charge in [0.1, 0.15) is 0 Å². The number of hydrogen-bond donors (Lipinski definition) is 1. The maximum absolute atomic E-state index is 3.62. The Labute approximate surface area is 119 Å². The van der Waals surface area contributed by atoms with Crippen molar-refractivity contribution in [3.63, 3.8) is 0 Å². The van der Waals surface area contributed by atoms with Crippen LogP contribution in [0, 0.1) is 19.8 Å². The molecule has 1 unspecified atom stereocenters. The highest BCUT2D eigenvalue weighted by Gasteiger charge is 2.20. The molecule has 0 spiro atoms. The molecule has 108 valence electrons. The normalized spacial score (nSPS) is 12.9. The summed E-state index contributed by atoms with van der Waals surface area (Å²) >= 11 is 0.